The molecule has 18 heavy (non-hydrogen) atoms. The minimum atomic E-state index is -0.529. The molecule has 1 aromatic rings. The number of halogens is 2. The fourth-order valence-electron chi connectivity index (χ4n) is 1.43. The number of hydrogen-bond acceptors (Lipinski definition) is 2. The lowest BCUT2D eigenvalue weighted by Crippen LogP contribution is -2.36. The van der Waals surface area contributed by atoms with E-state index in [0.717, 1.165) is 0 Å². The van der Waals surface area contributed by atoms with E-state index in [2.05, 4.69) is 10.6 Å². The minimum Gasteiger partial charge on any atom is -0.396 e. The Labute approximate surface area is 110 Å². The van der Waals surface area contributed by atoms with E-state index in [4.69, 9.17) is 16.7 Å². The van der Waals surface area contributed by atoms with Crippen LogP contribution in [0.2, 0.25) is 5.02 Å². The maximum atomic E-state index is 12.9. The van der Waals surface area contributed by atoms with Gasteiger partial charge in [0, 0.05) is 18.3 Å². The van der Waals surface area contributed by atoms with Gasteiger partial charge in [0.15, 0.2) is 0 Å². The number of aliphatic hydroxyl groups is 1. The zero-order valence-electron chi connectivity index (χ0n) is 10.0. The Hall–Kier alpha value is -1.33. The molecule has 0 spiro atoms. The van der Waals surface area contributed by atoms with Crippen LogP contribution in [0.25, 0.3) is 0 Å². The van der Waals surface area contributed by atoms with Gasteiger partial charge in [0.1, 0.15) is 5.82 Å². The summed E-state index contributed by atoms with van der Waals surface area (Å²) in [4.78, 5) is 11.6. The smallest absolute Gasteiger partial charge is 0.319 e. The summed E-state index contributed by atoms with van der Waals surface area (Å²) in [6, 6.07) is 3.53. The van der Waals surface area contributed by atoms with Crippen molar-refractivity contribution >= 4 is 23.3 Å². The number of carbonyl (C=O) groups is 1. The van der Waals surface area contributed by atoms with E-state index in [-0.39, 0.29) is 23.7 Å². The average molecular weight is 275 g/mol. The van der Waals surface area contributed by atoms with Gasteiger partial charge in [-0.3, -0.25) is 0 Å². The first-order valence-corrected chi connectivity index (χ1v) is 6.04. The molecule has 1 rings (SSSR count). The second-order valence-corrected chi connectivity index (χ2v) is 4.40. The minimum absolute atomic E-state index is 0.0406. The summed E-state index contributed by atoms with van der Waals surface area (Å²) in [5.74, 6) is -0.529. The van der Waals surface area contributed by atoms with Crippen LogP contribution in [0.15, 0.2) is 18.2 Å². The van der Waals surface area contributed by atoms with Gasteiger partial charge >= 0.3 is 6.03 Å². The first-order valence-electron chi connectivity index (χ1n) is 5.66. The highest BCUT2D eigenvalue weighted by Crippen LogP contribution is 2.19. The molecule has 0 radical (unpaired) electrons. The number of carbonyl (C=O) groups excluding carboxylic acids is 1. The van der Waals surface area contributed by atoms with Crippen molar-refractivity contribution in [2.45, 2.75) is 25.8 Å². The van der Waals surface area contributed by atoms with Crippen molar-refractivity contribution in [3.8, 4) is 0 Å². The first-order chi connectivity index (χ1) is 8.52. The van der Waals surface area contributed by atoms with Crippen molar-refractivity contribution in [1.82, 2.24) is 5.32 Å². The zero-order valence-corrected chi connectivity index (χ0v) is 10.8. The van der Waals surface area contributed by atoms with Crippen LogP contribution in [0.5, 0.6) is 0 Å². The predicted molar refractivity (Wildman–Crippen MR) is 69.3 cm³/mol. The van der Waals surface area contributed by atoms with Crippen molar-refractivity contribution < 1.29 is 14.3 Å². The SMILES string of the molecule is CC(CCCO)NC(=O)Nc1ccc(F)c(Cl)c1. The van der Waals surface area contributed by atoms with Crippen molar-refractivity contribution in [3.63, 3.8) is 0 Å². The number of urea groups is 1. The second kappa shape index (κ2) is 7.18. The summed E-state index contributed by atoms with van der Waals surface area (Å²) in [6.07, 6.45) is 1.32. The Morgan fingerprint density at radius 2 is 2.28 bits per heavy atom. The lowest BCUT2D eigenvalue weighted by atomic mass is 10.2. The molecule has 0 saturated carbocycles. The Morgan fingerprint density at radius 1 is 1.56 bits per heavy atom. The molecule has 0 aromatic heterocycles. The van der Waals surface area contributed by atoms with E-state index in [0.29, 0.717) is 18.5 Å². The Balaban J connectivity index is 2.46. The van der Waals surface area contributed by atoms with Crippen LogP contribution < -0.4 is 10.6 Å². The van der Waals surface area contributed by atoms with Crippen molar-refractivity contribution in [1.29, 1.82) is 0 Å². The van der Waals surface area contributed by atoms with Gasteiger partial charge < -0.3 is 15.7 Å². The molecular weight excluding hydrogens is 259 g/mol. The molecule has 0 fully saturated rings. The second-order valence-electron chi connectivity index (χ2n) is 3.99. The van der Waals surface area contributed by atoms with Crippen LogP contribution in [0.3, 0.4) is 0 Å². The lowest BCUT2D eigenvalue weighted by Gasteiger charge is -2.14. The van der Waals surface area contributed by atoms with Crippen molar-refractivity contribution in [2.24, 2.45) is 0 Å². The Morgan fingerprint density at radius 3 is 2.89 bits per heavy atom. The Kier molecular flexibility index (Phi) is 5.88. The highest BCUT2D eigenvalue weighted by Gasteiger charge is 2.08. The van der Waals surface area contributed by atoms with E-state index in [1.54, 1.807) is 0 Å². The third kappa shape index (κ3) is 4.89. The van der Waals surface area contributed by atoms with Crippen LogP contribution >= 0.6 is 11.6 Å². The number of benzene rings is 1. The summed E-state index contributed by atoms with van der Waals surface area (Å²) < 4.78 is 12.9. The molecule has 1 aromatic carbocycles. The maximum Gasteiger partial charge on any atom is 0.319 e. The standard InChI is InChI=1S/C12H16ClFN2O2/c1-8(3-2-6-17)15-12(18)16-9-4-5-11(14)10(13)7-9/h4-5,7-8,17H,2-3,6H2,1H3,(H2,15,16,18). The lowest BCUT2D eigenvalue weighted by molar-refractivity contribution is 0.245. The van der Waals surface area contributed by atoms with Crippen LogP contribution in [0.1, 0.15) is 19.8 Å². The molecule has 0 bridgehead atoms. The van der Waals surface area contributed by atoms with Gasteiger partial charge in [-0.1, -0.05) is 11.6 Å². The van der Waals surface area contributed by atoms with Crippen molar-refractivity contribution in [3.05, 3.63) is 29.0 Å². The summed E-state index contributed by atoms with van der Waals surface area (Å²) in [5, 5.41) is 13.9. The van der Waals surface area contributed by atoms with Gasteiger partial charge in [0.05, 0.1) is 5.02 Å². The maximum absolute atomic E-state index is 12.9. The fourth-order valence-corrected chi connectivity index (χ4v) is 1.62. The summed E-state index contributed by atoms with van der Waals surface area (Å²) in [7, 11) is 0. The number of hydrogen-bond donors (Lipinski definition) is 3. The number of nitrogens with one attached hydrogen (secondary N) is 2. The number of rotatable bonds is 5. The molecule has 2 amide bonds. The summed E-state index contributed by atoms with van der Waals surface area (Å²) >= 11 is 5.60. The molecule has 0 heterocycles. The van der Waals surface area contributed by atoms with E-state index < -0.39 is 5.82 Å². The Bertz CT molecular complexity index is 415. The van der Waals surface area contributed by atoms with Gasteiger partial charge in [-0.2, -0.15) is 0 Å². The summed E-state index contributed by atoms with van der Waals surface area (Å²) in [6.45, 7) is 1.94. The van der Waals surface area contributed by atoms with Crippen LogP contribution in [-0.4, -0.2) is 23.8 Å². The summed E-state index contributed by atoms with van der Waals surface area (Å²) in [5.41, 5.74) is 0.424. The molecule has 1 atom stereocenters. The van der Waals surface area contributed by atoms with E-state index in [1.165, 1.54) is 18.2 Å². The van der Waals surface area contributed by atoms with Gasteiger partial charge in [0.25, 0.3) is 0 Å². The molecule has 6 heteroatoms. The molecule has 1 unspecified atom stereocenters. The van der Waals surface area contributed by atoms with E-state index in [9.17, 15) is 9.18 Å². The van der Waals surface area contributed by atoms with E-state index in [1.807, 2.05) is 6.92 Å². The highest BCUT2D eigenvalue weighted by atomic mass is 35.5. The average Bonchev–Trinajstić information content (AvgIpc) is 2.31. The molecule has 4 nitrogen and oxygen atoms in total. The third-order valence-corrected chi connectivity index (χ3v) is 2.64. The number of amides is 2. The van der Waals surface area contributed by atoms with Crippen molar-refractivity contribution in [2.75, 3.05) is 11.9 Å². The predicted octanol–water partition coefficient (Wildman–Crippen LogP) is 2.76. The normalized spacial score (nSPS) is 12.0. The zero-order chi connectivity index (χ0) is 13.5. The van der Waals surface area contributed by atoms with Gasteiger partial charge in [-0.25, -0.2) is 9.18 Å². The third-order valence-electron chi connectivity index (χ3n) is 2.35. The quantitative estimate of drug-likeness (QED) is 0.773. The molecule has 0 aliphatic carbocycles. The largest absolute Gasteiger partial charge is 0.396 e. The molecular formula is C12H16ClFN2O2. The molecule has 0 aliphatic rings. The van der Waals surface area contributed by atoms with Crippen LogP contribution in [0.4, 0.5) is 14.9 Å². The van der Waals surface area contributed by atoms with Crippen LogP contribution in [0, 0.1) is 5.82 Å². The van der Waals surface area contributed by atoms with Gasteiger partial charge in [0.2, 0.25) is 0 Å². The fraction of sp³-hybridized carbons (Fsp3) is 0.417. The molecule has 0 aliphatic heterocycles. The first kappa shape index (κ1) is 14.7. The van der Waals surface area contributed by atoms with E-state index >= 15 is 0 Å². The molecule has 3 N–H and O–H groups in total. The number of anilines is 1. The van der Waals surface area contributed by atoms with Gasteiger partial charge in [-0.15, -0.1) is 0 Å². The topological polar surface area (TPSA) is 61.4 Å². The monoisotopic (exact) mass is 274 g/mol. The van der Waals surface area contributed by atoms with Gasteiger partial charge in [-0.05, 0) is 38.0 Å². The van der Waals surface area contributed by atoms with Crippen LogP contribution in [-0.2, 0) is 0 Å². The number of aliphatic hydroxyl groups excluding tert-OH is 1. The molecule has 0 saturated heterocycles. The highest BCUT2D eigenvalue weighted by molar-refractivity contribution is 6.31. The molecule has 100 valence electrons.